The van der Waals surface area contributed by atoms with E-state index in [0.717, 1.165) is 18.4 Å². The van der Waals surface area contributed by atoms with Crippen LogP contribution in [0.15, 0.2) is 30.3 Å². The van der Waals surface area contributed by atoms with E-state index >= 15 is 0 Å². The van der Waals surface area contributed by atoms with Crippen molar-refractivity contribution in [2.75, 3.05) is 126 Å². The van der Waals surface area contributed by atoms with Crippen LogP contribution in [0.5, 0.6) is 0 Å². The van der Waals surface area contributed by atoms with Crippen molar-refractivity contribution < 1.29 is 52.8 Å². The average Bonchev–Trinajstić information content (AvgIpc) is 3.04. The first-order valence-corrected chi connectivity index (χ1v) is 16.7. The van der Waals surface area contributed by atoms with Crippen LogP contribution in [0, 0.1) is 5.92 Å². The van der Waals surface area contributed by atoms with Gasteiger partial charge in [0, 0.05) is 0 Å². The first kappa shape index (κ1) is 41.8. The highest BCUT2D eigenvalue weighted by Crippen LogP contribution is 2.28. The molecule has 0 aliphatic rings. The molecule has 0 saturated carbocycles. The van der Waals surface area contributed by atoms with Gasteiger partial charge in [0.25, 0.3) is 0 Å². The predicted octanol–water partition coefficient (Wildman–Crippen LogP) is 3.62. The lowest BCUT2D eigenvalue weighted by Crippen LogP contribution is -2.32. The summed E-state index contributed by atoms with van der Waals surface area (Å²) < 4.78 is 49.2. The van der Waals surface area contributed by atoms with Gasteiger partial charge in [-0.15, -0.1) is 0 Å². The summed E-state index contributed by atoms with van der Waals surface area (Å²) in [5, 5.41) is 19.9. The maximum absolute atomic E-state index is 11.4. The molecule has 11 heteroatoms. The number of rotatable bonds is 35. The van der Waals surface area contributed by atoms with Crippen molar-refractivity contribution in [3.63, 3.8) is 0 Å². The SMILES string of the molecule is CC(C)CCCCCC(O)(COCCOCCOCCOCCOCCOCCOCCOCCOCCO)c1ccccc1. The van der Waals surface area contributed by atoms with Gasteiger partial charge in [0.15, 0.2) is 0 Å². The van der Waals surface area contributed by atoms with Crippen molar-refractivity contribution in [2.24, 2.45) is 5.92 Å². The number of benzene rings is 1. The van der Waals surface area contributed by atoms with Crippen LogP contribution in [0.25, 0.3) is 0 Å². The fourth-order valence-electron chi connectivity index (χ4n) is 4.26. The van der Waals surface area contributed by atoms with E-state index < -0.39 is 5.60 Å². The predicted molar refractivity (Wildman–Crippen MR) is 173 cm³/mol. The fraction of sp³-hybridized carbons (Fsp3) is 0.824. The average molecular weight is 647 g/mol. The van der Waals surface area contributed by atoms with Gasteiger partial charge in [-0.3, -0.25) is 0 Å². The van der Waals surface area contributed by atoms with Crippen LogP contribution in [-0.2, 0) is 48.2 Å². The maximum atomic E-state index is 11.4. The standard InChI is InChI=1S/C34H62O11/c1-32(2)9-5-4-8-12-34(36,33-10-6-3-7-11-33)31-45-30-29-44-28-27-43-26-25-42-24-23-41-22-21-40-20-19-39-18-17-38-16-15-37-14-13-35/h3,6-7,10-11,32,35-36H,4-5,8-9,12-31H2,1-2H3. The molecular weight excluding hydrogens is 584 g/mol. The molecule has 1 rings (SSSR count). The number of unbranched alkanes of at least 4 members (excludes halogenated alkanes) is 2. The van der Waals surface area contributed by atoms with E-state index in [0.29, 0.717) is 125 Å². The van der Waals surface area contributed by atoms with Crippen molar-refractivity contribution in [3.05, 3.63) is 35.9 Å². The molecule has 0 aromatic heterocycles. The number of aliphatic hydroxyl groups excluding tert-OH is 1. The van der Waals surface area contributed by atoms with Crippen molar-refractivity contribution >= 4 is 0 Å². The monoisotopic (exact) mass is 646 g/mol. The number of hydrogen-bond acceptors (Lipinski definition) is 11. The largest absolute Gasteiger partial charge is 0.394 e. The van der Waals surface area contributed by atoms with Crippen molar-refractivity contribution in [2.45, 2.75) is 51.6 Å². The minimum atomic E-state index is -0.980. The van der Waals surface area contributed by atoms with Gasteiger partial charge in [0.05, 0.1) is 126 Å². The lowest BCUT2D eigenvalue weighted by Gasteiger charge is -2.29. The summed E-state index contributed by atoms with van der Waals surface area (Å²) in [6.45, 7) is 12.9. The minimum Gasteiger partial charge on any atom is -0.394 e. The first-order chi connectivity index (χ1) is 22.1. The van der Waals surface area contributed by atoms with E-state index in [-0.39, 0.29) is 13.2 Å². The fourth-order valence-corrected chi connectivity index (χ4v) is 4.26. The molecule has 0 heterocycles. The zero-order valence-electron chi connectivity index (χ0n) is 28.0. The van der Waals surface area contributed by atoms with Crippen molar-refractivity contribution in [1.82, 2.24) is 0 Å². The van der Waals surface area contributed by atoms with E-state index in [4.69, 9.17) is 47.7 Å². The van der Waals surface area contributed by atoms with E-state index in [9.17, 15) is 5.11 Å². The summed E-state index contributed by atoms with van der Waals surface area (Å²) in [6, 6.07) is 9.82. The Hall–Kier alpha value is -1.22. The number of ether oxygens (including phenoxy) is 9. The Balaban J connectivity index is 1.86. The van der Waals surface area contributed by atoms with Crippen LogP contribution < -0.4 is 0 Å². The van der Waals surface area contributed by atoms with Gasteiger partial charge in [-0.2, -0.15) is 0 Å². The molecule has 0 spiro atoms. The molecule has 1 aromatic carbocycles. The third-order valence-corrected chi connectivity index (χ3v) is 6.74. The Labute approximate surface area is 271 Å². The van der Waals surface area contributed by atoms with E-state index in [1.807, 2.05) is 30.3 Å². The zero-order valence-corrected chi connectivity index (χ0v) is 28.0. The van der Waals surface area contributed by atoms with E-state index in [2.05, 4.69) is 13.8 Å². The van der Waals surface area contributed by atoms with Crippen LogP contribution in [0.1, 0.15) is 51.5 Å². The number of hydrogen-bond donors (Lipinski definition) is 2. The summed E-state index contributed by atoms with van der Waals surface area (Å²) >= 11 is 0. The Bertz CT molecular complexity index is 725. The molecule has 0 radical (unpaired) electrons. The lowest BCUT2D eigenvalue weighted by atomic mass is 9.88. The highest BCUT2D eigenvalue weighted by atomic mass is 16.6. The number of aliphatic hydroxyl groups is 2. The van der Waals surface area contributed by atoms with Gasteiger partial charge in [-0.25, -0.2) is 0 Å². The van der Waals surface area contributed by atoms with Crippen LogP contribution in [0.3, 0.4) is 0 Å². The molecular formula is C34H62O11. The molecule has 2 N–H and O–H groups in total. The third kappa shape index (κ3) is 26.5. The second-order valence-corrected chi connectivity index (χ2v) is 11.1. The summed E-state index contributed by atoms with van der Waals surface area (Å²) in [4.78, 5) is 0. The first-order valence-electron chi connectivity index (χ1n) is 16.7. The van der Waals surface area contributed by atoms with Gasteiger partial charge in [0.2, 0.25) is 0 Å². The molecule has 0 fully saturated rings. The van der Waals surface area contributed by atoms with Crippen molar-refractivity contribution in [1.29, 1.82) is 0 Å². The van der Waals surface area contributed by atoms with Crippen molar-refractivity contribution in [3.8, 4) is 0 Å². The van der Waals surface area contributed by atoms with Crippen LogP contribution in [0.2, 0.25) is 0 Å². The molecule has 264 valence electrons. The molecule has 0 amide bonds. The summed E-state index contributed by atoms with van der Waals surface area (Å²) in [5.41, 5.74) is -0.0769. The molecule has 0 aliphatic carbocycles. The summed E-state index contributed by atoms with van der Waals surface area (Å²) in [5.74, 6) is 0.717. The minimum absolute atomic E-state index is 0.0248. The second-order valence-electron chi connectivity index (χ2n) is 11.1. The summed E-state index contributed by atoms with van der Waals surface area (Å²) in [7, 11) is 0. The van der Waals surface area contributed by atoms with Gasteiger partial charge in [-0.05, 0) is 17.9 Å². The smallest absolute Gasteiger partial charge is 0.113 e. The molecule has 0 aliphatic heterocycles. The van der Waals surface area contributed by atoms with Gasteiger partial charge in [0.1, 0.15) is 5.60 Å². The Morgan fingerprint density at radius 2 is 0.889 bits per heavy atom. The van der Waals surface area contributed by atoms with Crippen LogP contribution in [-0.4, -0.2) is 136 Å². The van der Waals surface area contributed by atoms with Gasteiger partial charge in [-0.1, -0.05) is 69.9 Å². The Morgan fingerprint density at radius 3 is 1.27 bits per heavy atom. The van der Waals surface area contributed by atoms with Crippen LogP contribution in [0.4, 0.5) is 0 Å². The topological polar surface area (TPSA) is 124 Å². The molecule has 1 atom stereocenters. The van der Waals surface area contributed by atoms with Crippen LogP contribution >= 0.6 is 0 Å². The van der Waals surface area contributed by atoms with E-state index in [1.54, 1.807) is 0 Å². The second kappa shape index (κ2) is 31.4. The van der Waals surface area contributed by atoms with Gasteiger partial charge < -0.3 is 52.8 Å². The molecule has 0 saturated heterocycles. The Morgan fingerprint density at radius 1 is 0.511 bits per heavy atom. The lowest BCUT2D eigenvalue weighted by molar-refractivity contribution is -0.0716. The quantitative estimate of drug-likeness (QED) is 0.105. The molecule has 45 heavy (non-hydrogen) atoms. The summed E-state index contributed by atoms with van der Waals surface area (Å²) in [6.07, 6.45) is 5.19. The van der Waals surface area contributed by atoms with E-state index in [1.165, 1.54) is 12.8 Å². The third-order valence-electron chi connectivity index (χ3n) is 6.74. The van der Waals surface area contributed by atoms with Gasteiger partial charge >= 0.3 is 0 Å². The Kier molecular flexibility index (Phi) is 29.2. The molecule has 1 aromatic rings. The maximum Gasteiger partial charge on any atom is 0.113 e. The molecule has 11 nitrogen and oxygen atoms in total. The highest BCUT2D eigenvalue weighted by molar-refractivity contribution is 5.22. The molecule has 1 unspecified atom stereocenters. The zero-order chi connectivity index (χ0) is 32.5. The molecule has 0 bridgehead atoms. The highest BCUT2D eigenvalue weighted by Gasteiger charge is 2.29. The normalized spacial score (nSPS) is 13.1.